The normalized spacial score (nSPS) is 16.8. The van der Waals surface area contributed by atoms with Crippen LogP contribution >= 0.6 is 0 Å². The van der Waals surface area contributed by atoms with Crippen LogP contribution in [-0.4, -0.2) is 11.7 Å². The van der Waals surface area contributed by atoms with Gasteiger partial charge in [0.25, 0.3) is 0 Å². The van der Waals surface area contributed by atoms with Gasteiger partial charge in [0.2, 0.25) is 0 Å². The minimum atomic E-state index is -0.598. The van der Waals surface area contributed by atoms with Crippen LogP contribution in [0.4, 0.5) is 0 Å². The molecule has 0 bridgehead atoms. The monoisotopic (exact) mass is 593 g/mol. The molecular weight excluding hydrogens is 550 g/mol. The van der Waals surface area contributed by atoms with Gasteiger partial charge >= 0.3 is 0 Å². The minimum absolute atomic E-state index is 0.00764. The third kappa shape index (κ3) is 5.13. The largest absolute Gasteiger partial charge is 0.456 e. The third-order valence-electron chi connectivity index (χ3n) is 7.39. The quantitative estimate of drug-likeness (QED) is 0.159. The second-order valence-corrected chi connectivity index (χ2v) is 10.2. The first-order valence-corrected chi connectivity index (χ1v) is 13.9. The zero-order valence-electron chi connectivity index (χ0n) is 37.4. The highest BCUT2D eigenvalue weighted by Crippen LogP contribution is 2.32. The van der Waals surface area contributed by atoms with E-state index < -0.39 is 48.1 Å². The molecule has 4 nitrogen and oxygen atoms in total. The number of nitrogens with zero attached hydrogens (tertiary/aromatic N) is 2. The molecule has 0 saturated heterocycles. The summed E-state index contributed by atoms with van der Waals surface area (Å²) in [6.45, 7) is -0.173. The van der Waals surface area contributed by atoms with Crippen molar-refractivity contribution >= 4 is 55.2 Å². The smallest absolute Gasteiger partial charge is 0.157 e. The van der Waals surface area contributed by atoms with E-state index in [9.17, 15) is 0 Å². The first kappa shape index (κ1) is 15.6. The Morgan fingerprint density at radius 1 is 0.622 bits per heavy atom. The zero-order valence-corrected chi connectivity index (χ0v) is 23.4. The Labute approximate surface area is 280 Å². The lowest BCUT2D eigenvalue weighted by Gasteiger charge is -2.09. The van der Waals surface area contributed by atoms with Crippen molar-refractivity contribution in [1.29, 1.82) is 0 Å². The number of furan rings is 1. The molecule has 214 valence electrons. The van der Waals surface area contributed by atoms with Crippen LogP contribution in [0.15, 0.2) is 166 Å². The van der Waals surface area contributed by atoms with Gasteiger partial charge in [-0.05, 0) is 68.5 Å². The molecule has 0 aliphatic rings. The van der Waals surface area contributed by atoms with Crippen molar-refractivity contribution in [3.05, 3.63) is 168 Å². The maximum atomic E-state index is 8.80. The summed E-state index contributed by atoms with van der Waals surface area (Å²) in [5.41, 5.74) is 8.33. The first-order chi connectivity index (χ1) is 28.0. The zero-order chi connectivity index (χ0) is 42.3. The van der Waals surface area contributed by atoms with Gasteiger partial charge in [-0.1, -0.05) is 121 Å². The lowest BCUT2D eigenvalue weighted by atomic mass is 9.98. The molecular formula is C41H29N3O. The lowest BCUT2D eigenvalue weighted by Crippen LogP contribution is -2.16. The number of aliphatic imine (C=N–C) groups is 2. The average Bonchev–Trinajstić information content (AvgIpc) is 3.59. The SMILES string of the molecule is [2H]c1cc([2H])c2oc3ccc([2H])c(CN=C(N=C(N)c4c([2H])c([2H])c([2H])c([2H])c4[2H])c4ccc5cc(-c6cc7c([2H])c([2H])c([2H])c([2H])c7c([2H])c6[2H])ccc5c4)c3c2c1. The topological polar surface area (TPSA) is 63.9 Å². The van der Waals surface area contributed by atoms with Crippen LogP contribution in [0.2, 0.25) is 0 Å². The Balaban J connectivity index is 1.28. The van der Waals surface area contributed by atoms with E-state index >= 15 is 0 Å². The average molecular weight is 594 g/mol. The Hall–Kier alpha value is -6.00. The van der Waals surface area contributed by atoms with E-state index in [0.717, 1.165) is 0 Å². The van der Waals surface area contributed by atoms with Gasteiger partial charge in [-0.25, -0.2) is 4.99 Å². The van der Waals surface area contributed by atoms with Gasteiger partial charge in [0.15, 0.2) is 5.84 Å². The van der Waals surface area contributed by atoms with Crippen LogP contribution in [0.5, 0.6) is 0 Å². The van der Waals surface area contributed by atoms with E-state index in [-0.39, 0.29) is 76.6 Å². The highest BCUT2D eigenvalue weighted by atomic mass is 16.3. The molecule has 0 fully saturated rings. The van der Waals surface area contributed by atoms with Crippen LogP contribution in [-0.2, 0) is 6.54 Å². The van der Waals surface area contributed by atoms with Gasteiger partial charge in [-0.3, -0.25) is 4.99 Å². The molecule has 0 radical (unpaired) electrons. The summed E-state index contributed by atoms with van der Waals surface area (Å²) < 4.78 is 123. The summed E-state index contributed by atoms with van der Waals surface area (Å²) in [4.78, 5) is 9.31. The molecule has 7 aromatic carbocycles. The summed E-state index contributed by atoms with van der Waals surface area (Å²) in [5.74, 6) is -0.418. The minimum Gasteiger partial charge on any atom is -0.456 e. The fourth-order valence-electron chi connectivity index (χ4n) is 5.22. The highest BCUT2D eigenvalue weighted by Gasteiger charge is 2.12. The number of amidine groups is 2. The second kappa shape index (κ2) is 11.3. The van der Waals surface area contributed by atoms with Crippen molar-refractivity contribution in [1.82, 2.24) is 0 Å². The fourth-order valence-corrected chi connectivity index (χ4v) is 5.22. The standard InChI is InChI=1S/C41H29N3O/c42-40(28-10-2-1-3-11-28)44-41(43-26-35-13-8-16-38-39(35)36-14-6-7-15-37(36)45-38)34-22-21-32-24-31(19-20-33(32)25-34)30-18-17-27-9-4-5-12-29(27)23-30/h1-25H,26H2,(H2,42,43,44)/i1D,2D,3D,4D,5D,6D,9D,10D,11D,12D,13D,15D,17D,18D. The van der Waals surface area contributed by atoms with Crippen LogP contribution in [0.1, 0.15) is 35.9 Å². The van der Waals surface area contributed by atoms with Crippen molar-refractivity contribution in [2.24, 2.45) is 15.7 Å². The van der Waals surface area contributed by atoms with Crippen LogP contribution in [0.25, 0.3) is 54.6 Å². The lowest BCUT2D eigenvalue weighted by molar-refractivity contribution is 0.668. The molecule has 1 aromatic heterocycles. The number of benzene rings is 7. The van der Waals surface area contributed by atoms with Crippen molar-refractivity contribution in [3.8, 4) is 11.1 Å². The van der Waals surface area contributed by atoms with E-state index in [2.05, 4.69) is 4.99 Å². The van der Waals surface area contributed by atoms with Crippen LogP contribution < -0.4 is 5.73 Å². The van der Waals surface area contributed by atoms with Crippen molar-refractivity contribution in [2.45, 2.75) is 6.54 Å². The van der Waals surface area contributed by atoms with Gasteiger partial charge in [-0.15, -0.1) is 0 Å². The Morgan fingerprint density at radius 3 is 2.33 bits per heavy atom. The molecule has 8 aromatic rings. The van der Waals surface area contributed by atoms with Crippen molar-refractivity contribution in [3.63, 3.8) is 0 Å². The third-order valence-corrected chi connectivity index (χ3v) is 7.39. The van der Waals surface area contributed by atoms with Gasteiger partial charge in [0, 0.05) is 21.9 Å². The van der Waals surface area contributed by atoms with Crippen LogP contribution in [0, 0.1) is 0 Å². The van der Waals surface area contributed by atoms with E-state index in [1.165, 1.54) is 18.2 Å². The molecule has 8 rings (SSSR count). The molecule has 45 heavy (non-hydrogen) atoms. The number of hydrogen-bond donors (Lipinski definition) is 1. The Kier molecular flexibility index (Phi) is 3.91. The Morgan fingerprint density at radius 2 is 1.42 bits per heavy atom. The van der Waals surface area contributed by atoms with E-state index in [1.807, 2.05) is 0 Å². The number of para-hydroxylation sites is 1. The van der Waals surface area contributed by atoms with E-state index in [0.29, 0.717) is 49.4 Å². The molecule has 0 aliphatic heterocycles. The van der Waals surface area contributed by atoms with Gasteiger partial charge in [0.1, 0.15) is 17.0 Å². The Bertz CT molecular complexity index is 3180. The van der Waals surface area contributed by atoms with Gasteiger partial charge in [-0.2, -0.15) is 0 Å². The molecule has 0 atom stereocenters. The number of rotatable bonds is 5. The number of fused-ring (bicyclic) bond motifs is 5. The summed E-state index contributed by atoms with van der Waals surface area (Å²) in [6, 6.07) is 13.0. The first-order valence-electron chi connectivity index (χ1n) is 20.9. The fraction of sp³-hybridized carbons (Fsp3) is 0.0244. The molecule has 0 spiro atoms. The molecule has 4 heteroatoms. The summed E-state index contributed by atoms with van der Waals surface area (Å²) >= 11 is 0. The predicted molar refractivity (Wildman–Crippen MR) is 188 cm³/mol. The van der Waals surface area contributed by atoms with Crippen LogP contribution in [0.3, 0.4) is 0 Å². The van der Waals surface area contributed by atoms with E-state index in [1.54, 1.807) is 48.5 Å². The molecule has 0 amide bonds. The van der Waals surface area contributed by atoms with Gasteiger partial charge in [0.05, 0.1) is 25.7 Å². The highest BCUT2D eigenvalue weighted by molar-refractivity contribution is 6.12. The predicted octanol–water partition coefficient (Wildman–Crippen LogP) is 9.91. The summed E-state index contributed by atoms with van der Waals surface area (Å²) in [7, 11) is 0. The molecule has 0 saturated carbocycles. The van der Waals surface area contributed by atoms with E-state index in [4.69, 9.17) is 34.3 Å². The maximum absolute atomic E-state index is 8.80. The van der Waals surface area contributed by atoms with Crippen molar-refractivity contribution in [2.75, 3.05) is 0 Å². The molecule has 1 heterocycles. The van der Waals surface area contributed by atoms with Crippen molar-refractivity contribution < 1.29 is 23.6 Å². The summed E-state index contributed by atoms with van der Waals surface area (Å²) in [5, 5.41) is 2.36. The van der Waals surface area contributed by atoms with Gasteiger partial charge < -0.3 is 10.2 Å². The number of hydrogen-bond acceptors (Lipinski definition) is 2. The molecule has 0 unspecified atom stereocenters. The number of nitrogens with two attached hydrogens (primary N) is 1. The maximum Gasteiger partial charge on any atom is 0.157 e. The molecule has 0 aliphatic carbocycles. The summed E-state index contributed by atoms with van der Waals surface area (Å²) in [6.07, 6.45) is 0. The second-order valence-electron chi connectivity index (χ2n) is 10.2. The molecule has 2 N–H and O–H groups in total.